The summed E-state index contributed by atoms with van der Waals surface area (Å²) >= 11 is 7.88. The second kappa shape index (κ2) is 7.06. The molecule has 0 aliphatic carbocycles. The highest BCUT2D eigenvalue weighted by molar-refractivity contribution is 7.98. The zero-order valence-corrected chi connectivity index (χ0v) is 12.4. The van der Waals surface area contributed by atoms with Crippen molar-refractivity contribution in [1.82, 2.24) is 0 Å². The van der Waals surface area contributed by atoms with Gasteiger partial charge in [-0.3, -0.25) is 0 Å². The standard InChI is InChI=1S/C16H19ClS/c1-2-3-8-18-12-14-5-7-15-9-13(11-17)4-6-16(15)10-14/h4-7,9-10H,2-3,8,11-12H2,1H3. The van der Waals surface area contributed by atoms with E-state index >= 15 is 0 Å². The maximum Gasteiger partial charge on any atom is 0.0474 e. The van der Waals surface area contributed by atoms with Crippen LogP contribution in [0.25, 0.3) is 10.8 Å². The maximum absolute atomic E-state index is 5.85. The molecule has 2 aromatic rings. The van der Waals surface area contributed by atoms with Gasteiger partial charge in [0.2, 0.25) is 0 Å². The van der Waals surface area contributed by atoms with Crippen molar-refractivity contribution >= 4 is 34.1 Å². The van der Waals surface area contributed by atoms with E-state index in [1.165, 1.54) is 40.5 Å². The zero-order chi connectivity index (χ0) is 12.8. The lowest BCUT2D eigenvalue weighted by Gasteiger charge is -2.05. The van der Waals surface area contributed by atoms with E-state index < -0.39 is 0 Å². The molecule has 0 nitrogen and oxygen atoms in total. The molecule has 0 radical (unpaired) electrons. The van der Waals surface area contributed by atoms with Gasteiger partial charge in [0.25, 0.3) is 0 Å². The lowest BCUT2D eigenvalue weighted by molar-refractivity contribution is 0.896. The number of unbranched alkanes of at least 4 members (excludes halogenated alkanes) is 1. The summed E-state index contributed by atoms with van der Waals surface area (Å²) in [6.45, 7) is 2.24. The second-order valence-corrected chi connectivity index (χ2v) is 5.93. The molecule has 0 fully saturated rings. The molecule has 0 N–H and O–H groups in total. The number of rotatable bonds is 6. The van der Waals surface area contributed by atoms with E-state index in [0.29, 0.717) is 5.88 Å². The van der Waals surface area contributed by atoms with Crippen LogP contribution in [-0.4, -0.2) is 5.75 Å². The fourth-order valence-electron chi connectivity index (χ4n) is 1.95. The molecule has 0 saturated carbocycles. The van der Waals surface area contributed by atoms with Crippen molar-refractivity contribution in [3.8, 4) is 0 Å². The smallest absolute Gasteiger partial charge is 0.0474 e. The topological polar surface area (TPSA) is 0 Å². The van der Waals surface area contributed by atoms with Gasteiger partial charge >= 0.3 is 0 Å². The summed E-state index contributed by atoms with van der Waals surface area (Å²) in [4.78, 5) is 0. The number of fused-ring (bicyclic) bond motifs is 1. The summed E-state index contributed by atoms with van der Waals surface area (Å²) in [6.07, 6.45) is 2.60. The van der Waals surface area contributed by atoms with Gasteiger partial charge in [-0.05, 0) is 40.1 Å². The highest BCUT2D eigenvalue weighted by Crippen LogP contribution is 2.21. The third-order valence-electron chi connectivity index (χ3n) is 3.03. The van der Waals surface area contributed by atoms with Crippen molar-refractivity contribution < 1.29 is 0 Å². The average Bonchev–Trinajstić information content (AvgIpc) is 2.43. The Morgan fingerprint density at radius 3 is 2.33 bits per heavy atom. The quantitative estimate of drug-likeness (QED) is 0.489. The van der Waals surface area contributed by atoms with E-state index in [4.69, 9.17) is 11.6 Å². The fraction of sp³-hybridized carbons (Fsp3) is 0.375. The molecule has 0 atom stereocenters. The number of hydrogen-bond acceptors (Lipinski definition) is 1. The molecule has 2 rings (SSSR count). The van der Waals surface area contributed by atoms with Crippen molar-refractivity contribution in [3.63, 3.8) is 0 Å². The first-order valence-corrected chi connectivity index (χ1v) is 8.17. The molecule has 0 bridgehead atoms. The van der Waals surface area contributed by atoms with Crippen LogP contribution in [0.1, 0.15) is 30.9 Å². The van der Waals surface area contributed by atoms with Crippen LogP contribution in [0.3, 0.4) is 0 Å². The van der Waals surface area contributed by atoms with Crippen LogP contribution in [0.2, 0.25) is 0 Å². The first-order chi connectivity index (χ1) is 8.83. The molecule has 2 heteroatoms. The van der Waals surface area contributed by atoms with Crippen LogP contribution in [0, 0.1) is 0 Å². The second-order valence-electron chi connectivity index (χ2n) is 4.56. The van der Waals surface area contributed by atoms with Gasteiger partial charge in [-0.2, -0.15) is 11.8 Å². The van der Waals surface area contributed by atoms with Crippen molar-refractivity contribution in [2.45, 2.75) is 31.4 Å². The van der Waals surface area contributed by atoms with Crippen LogP contribution in [0.4, 0.5) is 0 Å². The Hall–Kier alpha value is -0.660. The average molecular weight is 279 g/mol. The third kappa shape index (κ3) is 3.66. The van der Waals surface area contributed by atoms with Crippen LogP contribution >= 0.6 is 23.4 Å². The first kappa shape index (κ1) is 13.8. The predicted octanol–water partition coefficient (Wildman–Crippen LogP) is 5.61. The van der Waals surface area contributed by atoms with Crippen LogP contribution in [-0.2, 0) is 11.6 Å². The molecule has 0 aromatic heterocycles. The first-order valence-electron chi connectivity index (χ1n) is 6.48. The Bertz CT molecular complexity index is 507. The highest BCUT2D eigenvalue weighted by Gasteiger charge is 1.99. The van der Waals surface area contributed by atoms with Crippen molar-refractivity contribution in [2.24, 2.45) is 0 Å². The van der Waals surface area contributed by atoms with E-state index in [-0.39, 0.29) is 0 Å². The summed E-state index contributed by atoms with van der Waals surface area (Å²) in [5.74, 6) is 2.97. The lowest BCUT2D eigenvalue weighted by atomic mass is 10.1. The van der Waals surface area contributed by atoms with Gasteiger partial charge in [0.1, 0.15) is 0 Å². The predicted molar refractivity (Wildman–Crippen MR) is 84.6 cm³/mol. The molecule has 96 valence electrons. The fourth-order valence-corrected chi connectivity index (χ4v) is 3.17. The number of hydrogen-bond donors (Lipinski definition) is 0. The number of halogens is 1. The van der Waals surface area contributed by atoms with Crippen LogP contribution < -0.4 is 0 Å². The van der Waals surface area contributed by atoms with E-state index in [2.05, 4.69) is 43.3 Å². The van der Waals surface area contributed by atoms with E-state index in [1.54, 1.807) is 0 Å². The minimum atomic E-state index is 0.588. The van der Waals surface area contributed by atoms with Gasteiger partial charge < -0.3 is 0 Å². The minimum Gasteiger partial charge on any atom is -0.157 e. The summed E-state index contributed by atoms with van der Waals surface area (Å²) in [7, 11) is 0. The Balaban J connectivity index is 2.08. The minimum absolute atomic E-state index is 0.588. The zero-order valence-electron chi connectivity index (χ0n) is 10.8. The summed E-state index contributed by atoms with van der Waals surface area (Å²) < 4.78 is 0. The molecule has 0 saturated heterocycles. The van der Waals surface area contributed by atoms with Gasteiger partial charge in [-0.1, -0.05) is 43.7 Å². The number of alkyl halides is 1. The molecule has 0 spiro atoms. The van der Waals surface area contributed by atoms with Gasteiger partial charge in [0, 0.05) is 11.6 Å². The highest BCUT2D eigenvalue weighted by atomic mass is 35.5. The van der Waals surface area contributed by atoms with E-state index in [9.17, 15) is 0 Å². The van der Waals surface area contributed by atoms with Gasteiger partial charge in [-0.25, -0.2) is 0 Å². The van der Waals surface area contributed by atoms with E-state index in [1.807, 2.05) is 11.8 Å². The maximum atomic E-state index is 5.85. The van der Waals surface area contributed by atoms with Crippen molar-refractivity contribution in [1.29, 1.82) is 0 Å². The molecular formula is C16H19ClS. The molecule has 0 heterocycles. The number of benzene rings is 2. The largest absolute Gasteiger partial charge is 0.157 e. The molecule has 0 amide bonds. The number of thioether (sulfide) groups is 1. The molecule has 0 aliphatic rings. The Morgan fingerprint density at radius 2 is 1.67 bits per heavy atom. The normalized spacial score (nSPS) is 11.0. The Morgan fingerprint density at radius 1 is 1.00 bits per heavy atom. The van der Waals surface area contributed by atoms with Crippen molar-refractivity contribution in [3.05, 3.63) is 47.5 Å². The summed E-state index contributed by atoms with van der Waals surface area (Å²) in [6, 6.07) is 13.2. The van der Waals surface area contributed by atoms with Gasteiger partial charge in [-0.15, -0.1) is 11.6 Å². The summed E-state index contributed by atoms with van der Waals surface area (Å²) in [5.41, 5.74) is 2.61. The molecular weight excluding hydrogens is 260 g/mol. The Labute approximate surface area is 119 Å². The van der Waals surface area contributed by atoms with Crippen LogP contribution in [0.15, 0.2) is 36.4 Å². The van der Waals surface area contributed by atoms with Crippen molar-refractivity contribution in [2.75, 3.05) is 5.75 Å². The summed E-state index contributed by atoms with van der Waals surface area (Å²) in [5, 5.41) is 2.60. The van der Waals surface area contributed by atoms with Gasteiger partial charge in [0.05, 0.1) is 0 Å². The third-order valence-corrected chi connectivity index (χ3v) is 4.46. The van der Waals surface area contributed by atoms with E-state index in [0.717, 1.165) is 5.75 Å². The molecule has 2 aromatic carbocycles. The molecule has 18 heavy (non-hydrogen) atoms. The lowest BCUT2D eigenvalue weighted by Crippen LogP contribution is -1.85. The molecule has 0 unspecified atom stereocenters. The monoisotopic (exact) mass is 278 g/mol. The Kier molecular flexibility index (Phi) is 5.40. The molecule has 0 aliphatic heterocycles. The van der Waals surface area contributed by atoms with Gasteiger partial charge in [0.15, 0.2) is 0 Å². The SMILES string of the molecule is CCCCSCc1ccc2cc(CCl)ccc2c1. The van der Waals surface area contributed by atoms with Crippen LogP contribution in [0.5, 0.6) is 0 Å².